The number of urea groups is 1. The molecule has 3 N–H and O–H groups in total. The van der Waals surface area contributed by atoms with Crippen LogP contribution in [-0.4, -0.2) is 41.0 Å². The number of nitrogens with one attached hydrogen (secondary N) is 2. The van der Waals surface area contributed by atoms with Crippen LogP contribution in [0.4, 0.5) is 10.5 Å². The second kappa shape index (κ2) is 8.85. The van der Waals surface area contributed by atoms with Gasteiger partial charge in [-0.15, -0.1) is 0 Å². The fraction of sp³-hybridized carbons (Fsp3) is 0.444. The van der Waals surface area contributed by atoms with Gasteiger partial charge in [0.1, 0.15) is 12.1 Å². The molecule has 0 saturated carbocycles. The number of carbonyl (C=O) groups is 4. The Morgan fingerprint density at radius 2 is 1.93 bits per heavy atom. The maximum absolute atomic E-state index is 12.5. The van der Waals surface area contributed by atoms with Gasteiger partial charge in [0.2, 0.25) is 5.91 Å². The van der Waals surface area contributed by atoms with E-state index in [0.717, 1.165) is 4.90 Å². The average Bonchev–Trinajstić information content (AvgIpc) is 2.91. The highest BCUT2D eigenvalue weighted by Gasteiger charge is 2.39. The lowest BCUT2D eigenvalue weighted by molar-refractivity contribution is -0.143. The largest absolute Gasteiger partial charge is 0.480 e. The maximum Gasteiger partial charge on any atom is 0.329 e. The van der Waals surface area contributed by atoms with Gasteiger partial charge in [0, 0.05) is 11.4 Å². The maximum atomic E-state index is 12.5. The Morgan fingerprint density at radius 1 is 1.30 bits per heavy atom. The second-order valence-electron chi connectivity index (χ2n) is 6.46. The molecule has 1 aromatic carbocycles. The monoisotopic (exact) mass is 395 g/mol. The van der Waals surface area contributed by atoms with Crippen molar-refractivity contribution >= 4 is 41.1 Å². The summed E-state index contributed by atoms with van der Waals surface area (Å²) < 4.78 is 0. The molecule has 8 nitrogen and oxygen atoms in total. The van der Waals surface area contributed by atoms with Gasteiger partial charge in [0.05, 0.1) is 5.69 Å². The quantitative estimate of drug-likeness (QED) is 0.583. The molecule has 27 heavy (non-hydrogen) atoms. The van der Waals surface area contributed by atoms with E-state index in [1.54, 1.807) is 31.2 Å². The molecule has 4 amide bonds. The lowest BCUT2D eigenvalue weighted by Gasteiger charge is -2.20. The summed E-state index contributed by atoms with van der Waals surface area (Å²) in [5, 5.41) is 14.7. The van der Waals surface area contributed by atoms with E-state index in [-0.39, 0.29) is 18.8 Å². The minimum atomic E-state index is -1.10. The van der Waals surface area contributed by atoms with E-state index in [0.29, 0.717) is 17.1 Å². The zero-order valence-electron chi connectivity index (χ0n) is 15.1. The lowest BCUT2D eigenvalue weighted by atomic mass is 9.99. The van der Waals surface area contributed by atoms with Crippen LogP contribution in [0, 0.1) is 5.92 Å². The van der Waals surface area contributed by atoms with Crippen molar-refractivity contribution in [1.82, 2.24) is 10.6 Å². The average molecular weight is 396 g/mol. The Labute approximate surface area is 161 Å². The van der Waals surface area contributed by atoms with Crippen molar-refractivity contribution in [3.05, 3.63) is 29.3 Å². The van der Waals surface area contributed by atoms with Gasteiger partial charge in [-0.05, 0) is 36.6 Å². The topological polar surface area (TPSA) is 116 Å². The number of nitrogens with zero attached hydrogens (tertiary/aromatic N) is 1. The van der Waals surface area contributed by atoms with E-state index in [4.69, 9.17) is 11.6 Å². The first-order valence-electron chi connectivity index (χ1n) is 8.66. The van der Waals surface area contributed by atoms with Crippen molar-refractivity contribution in [2.24, 2.45) is 5.92 Å². The van der Waals surface area contributed by atoms with E-state index in [1.807, 2.05) is 6.92 Å². The zero-order valence-corrected chi connectivity index (χ0v) is 15.8. The normalized spacial score (nSPS) is 18.8. The Balaban J connectivity index is 1.95. The molecular weight excluding hydrogens is 374 g/mol. The van der Waals surface area contributed by atoms with Crippen LogP contribution in [0.2, 0.25) is 5.02 Å². The SMILES string of the molecule is CC[C@H](C)[C@H](NC(=O)CCC1NC(=O)N(c2ccc(Cl)cc2)C1=O)C(=O)O. The molecule has 1 unspecified atom stereocenters. The molecule has 1 heterocycles. The number of benzene rings is 1. The highest BCUT2D eigenvalue weighted by Crippen LogP contribution is 2.23. The van der Waals surface area contributed by atoms with Crippen LogP contribution < -0.4 is 15.5 Å². The summed E-state index contributed by atoms with van der Waals surface area (Å²) in [6.45, 7) is 3.58. The van der Waals surface area contributed by atoms with Gasteiger partial charge < -0.3 is 15.7 Å². The van der Waals surface area contributed by atoms with E-state index in [2.05, 4.69) is 10.6 Å². The number of hydrogen-bond donors (Lipinski definition) is 3. The smallest absolute Gasteiger partial charge is 0.329 e. The molecule has 0 radical (unpaired) electrons. The van der Waals surface area contributed by atoms with Crippen molar-refractivity contribution in [2.75, 3.05) is 4.90 Å². The summed E-state index contributed by atoms with van der Waals surface area (Å²) in [6.07, 6.45) is 0.600. The lowest BCUT2D eigenvalue weighted by Crippen LogP contribution is -2.45. The number of rotatable bonds is 8. The zero-order chi connectivity index (χ0) is 20.1. The number of carboxylic acid groups (broad SMARTS) is 1. The molecule has 9 heteroatoms. The van der Waals surface area contributed by atoms with Crippen LogP contribution in [0.25, 0.3) is 0 Å². The van der Waals surface area contributed by atoms with Crippen molar-refractivity contribution < 1.29 is 24.3 Å². The summed E-state index contributed by atoms with van der Waals surface area (Å²) in [5.74, 6) is -2.27. The molecule has 3 atom stereocenters. The summed E-state index contributed by atoms with van der Waals surface area (Å²) in [6, 6.07) is 3.85. The van der Waals surface area contributed by atoms with Gasteiger partial charge in [-0.25, -0.2) is 14.5 Å². The number of imide groups is 1. The van der Waals surface area contributed by atoms with Gasteiger partial charge in [0.25, 0.3) is 5.91 Å². The summed E-state index contributed by atoms with van der Waals surface area (Å²) >= 11 is 5.81. The highest BCUT2D eigenvalue weighted by molar-refractivity contribution is 6.30. The molecule has 0 bridgehead atoms. The molecule has 1 aliphatic heterocycles. The Hall–Kier alpha value is -2.61. The van der Waals surface area contributed by atoms with Gasteiger partial charge in [0.15, 0.2) is 0 Å². The number of hydrogen-bond acceptors (Lipinski definition) is 4. The number of amides is 4. The third-order valence-corrected chi connectivity index (χ3v) is 4.81. The van der Waals surface area contributed by atoms with Crippen molar-refractivity contribution in [3.63, 3.8) is 0 Å². The van der Waals surface area contributed by atoms with Crippen LogP contribution in [0.15, 0.2) is 24.3 Å². The van der Waals surface area contributed by atoms with E-state index in [1.165, 1.54) is 0 Å². The van der Waals surface area contributed by atoms with Gasteiger partial charge in [-0.2, -0.15) is 0 Å². The molecule has 1 saturated heterocycles. The van der Waals surface area contributed by atoms with Crippen LogP contribution in [0.3, 0.4) is 0 Å². The van der Waals surface area contributed by atoms with Crippen molar-refractivity contribution in [1.29, 1.82) is 0 Å². The minimum Gasteiger partial charge on any atom is -0.480 e. The van der Waals surface area contributed by atoms with Crippen LogP contribution in [0.1, 0.15) is 33.1 Å². The fourth-order valence-electron chi connectivity index (χ4n) is 2.77. The molecule has 1 aromatic rings. The molecule has 2 rings (SSSR count). The van der Waals surface area contributed by atoms with Crippen LogP contribution in [0.5, 0.6) is 0 Å². The Morgan fingerprint density at radius 3 is 2.48 bits per heavy atom. The summed E-state index contributed by atoms with van der Waals surface area (Å²) in [4.78, 5) is 48.9. The number of carboxylic acids is 1. The van der Waals surface area contributed by atoms with Gasteiger partial charge >= 0.3 is 12.0 Å². The van der Waals surface area contributed by atoms with Gasteiger partial charge in [-0.1, -0.05) is 31.9 Å². The number of halogens is 1. The molecular formula is C18H22ClN3O5. The Bertz CT molecular complexity index is 737. The van der Waals surface area contributed by atoms with E-state index in [9.17, 15) is 24.3 Å². The second-order valence-corrected chi connectivity index (χ2v) is 6.90. The predicted octanol–water partition coefficient (Wildman–Crippen LogP) is 2.16. The summed E-state index contributed by atoms with van der Waals surface area (Å²) in [5.41, 5.74) is 0.386. The number of aliphatic carboxylic acids is 1. The van der Waals surface area contributed by atoms with E-state index < -0.39 is 35.9 Å². The first-order valence-corrected chi connectivity index (χ1v) is 9.04. The fourth-order valence-corrected chi connectivity index (χ4v) is 2.89. The molecule has 0 spiro atoms. The first kappa shape index (κ1) is 20.7. The standard InChI is InChI=1S/C18H22ClN3O5/c1-3-10(2)15(17(25)26)21-14(23)9-8-13-16(24)22(18(27)20-13)12-6-4-11(19)5-7-12/h4-7,10,13,15H,3,8-9H2,1-2H3,(H,20,27)(H,21,23)(H,25,26)/t10-,13?,15-/m0/s1. The third-order valence-electron chi connectivity index (χ3n) is 4.56. The van der Waals surface area contributed by atoms with Crippen molar-refractivity contribution in [3.8, 4) is 0 Å². The minimum absolute atomic E-state index is 0.0767. The number of anilines is 1. The van der Waals surface area contributed by atoms with Crippen molar-refractivity contribution in [2.45, 2.75) is 45.2 Å². The van der Waals surface area contributed by atoms with Gasteiger partial charge in [-0.3, -0.25) is 9.59 Å². The summed E-state index contributed by atoms with van der Waals surface area (Å²) in [7, 11) is 0. The molecule has 0 aliphatic carbocycles. The van der Waals surface area contributed by atoms with Crippen LogP contribution in [-0.2, 0) is 14.4 Å². The van der Waals surface area contributed by atoms with Crippen LogP contribution >= 0.6 is 11.6 Å². The van der Waals surface area contributed by atoms with E-state index >= 15 is 0 Å². The molecule has 0 aromatic heterocycles. The first-order chi connectivity index (χ1) is 12.7. The number of carbonyl (C=O) groups excluding carboxylic acids is 3. The molecule has 1 aliphatic rings. The molecule has 146 valence electrons. The molecule has 1 fully saturated rings. The predicted molar refractivity (Wildman–Crippen MR) is 99.5 cm³/mol. The Kier molecular flexibility index (Phi) is 6.79. The third kappa shape index (κ3) is 4.97. The highest BCUT2D eigenvalue weighted by atomic mass is 35.5.